The van der Waals surface area contributed by atoms with Gasteiger partial charge in [-0.15, -0.1) is 0 Å². The normalized spacial score (nSPS) is 28.4. The van der Waals surface area contributed by atoms with Gasteiger partial charge in [-0.2, -0.15) is 0 Å². The number of hydrogen-bond acceptors (Lipinski definition) is 2. The van der Waals surface area contributed by atoms with Gasteiger partial charge in [0.2, 0.25) is 0 Å². The molecule has 108 valence electrons. The summed E-state index contributed by atoms with van der Waals surface area (Å²) in [6.45, 7) is 8.22. The number of rotatable bonds is 4. The number of benzene rings is 1. The van der Waals surface area contributed by atoms with E-state index < -0.39 is 0 Å². The van der Waals surface area contributed by atoms with Gasteiger partial charge < -0.3 is 9.31 Å². The molecule has 1 heterocycles. The lowest BCUT2D eigenvalue weighted by atomic mass is 9.75. The molecule has 0 spiro atoms. The van der Waals surface area contributed by atoms with Crippen LogP contribution in [0.1, 0.15) is 39.2 Å². The molecule has 3 rings (SSSR count). The van der Waals surface area contributed by atoms with Crippen LogP contribution >= 0.6 is 0 Å². The fraction of sp³-hybridized carbons (Fsp3) is 0.647. The van der Waals surface area contributed by atoms with Crippen molar-refractivity contribution in [2.24, 2.45) is 17.3 Å². The highest BCUT2D eigenvalue weighted by Crippen LogP contribution is 2.41. The first-order valence-electron chi connectivity index (χ1n) is 7.85. The Bertz CT molecular complexity index is 445. The van der Waals surface area contributed by atoms with Crippen LogP contribution in [0.3, 0.4) is 0 Å². The van der Waals surface area contributed by atoms with Crippen LogP contribution < -0.4 is 5.46 Å². The van der Waals surface area contributed by atoms with E-state index >= 15 is 0 Å². The summed E-state index contributed by atoms with van der Waals surface area (Å²) >= 11 is 0. The van der Waals surface area contributed by atoms with Crippen molar-refractivity contribution >= 4 is 12.6 Å². The Kier molecular flexibility index (Phi) is 3.92. The maximum Gasteiger partial charge on any atom is 0.493 e. The minimum absolute atomic E-state index is 0.136. The lowest BCUT2D eigenvalue weighted by molar-refractivity contribution is 0.0343. The molecule has 0 radical (unpaired) electrons. The molecule has 1 aromatic rings. The van der Waals surface area contributed by atoms with E-state index in [1.54, 1.807) is 0 Å². The third kappa shape index (κ3) is 3.45. The molecule has 2 nitrogen and oxygen atoms in total. The second-order valence-electron chi connectivity index (χ2n) is 7.37. The summed E-state index contributed by atoms with van der Waals surface area (Å²) in [6, 6.07) is 8.78. The van der Waals surface area contributed by atoms with Crippen LogP contribution in [0.4, 0.5) is 0 Å². The van der Waals surface area contributed by atoms with Gasteiger partial charge in [0.05, 0.1) is 0 Å². The van der Waals surface area contributed by atoms with Gasteiger partial charge in [-0.3, -0.25) is 0 Å². The largest absolute Gasteiger partial charge is 0.493 e. The Morgan fingerprint density at radius 2 is 1.75 bits per heavy atom. The molecule has 0 N–H and O–H groups in total. The zero-order valence-electron chi connectivity index (χ0n) is 12.9. The Labute approximate surface area is 123 Å². The van der Waals surface area contributed by atoms with Crippen molar-refractivity contribution in [1.29, 1.82) is 0 Å². The molecule has 2 atom stereocenters. The second kappa shape index (κ2) is 5.53. The molecular weight excluding hydrogens is 247 g/mol. The first-order chi connectivity index (χ1) is 9.53. The van der Waals surface area contributed by atoms with Crippen LogP contribution in [0.2, 0.25) is 0 Å². The van der Waals surface area contributed by atoms with E-state index in [9.17, 15) is 0 Å². The first kappa shape index (κ1) is 14.2. The van der Waals surface area contributed by atoms with Crippen LogP contribution in [-0.2, 0) is 15.7 Å². The standard InChI is InChI=1S/C17H25BO2/c1-13-10-15(13)7-4-14-5-8-16(9-6-14)18-19-11-17(2,3)12-20-18/h5-6,8-9,13,15H,4,7,10-12H2,1-3H3/t13?,15-/m1/s1. The third-order valence-corrected chi connectivity index (χ3v) is 4.58. The van der Waals surface area contributed by atoms with Crippen LogP contribution in [-0.4, -0.2) is 20.3 Å². The summed E-state index contributed by atoms with van der Waals surface area (Å²) in [6.07, 6.45) is 3.97. The molecule has 3 heteroatoms. The Balaban J connectivity index is 1.53. The lowest BCUT2D eigenvalue weighted by Crippen LogP contribution is -2.47. The van der Waals surface area contributed by atoms with E-state index in [4.69, 9.17) is 9.31 Å². The summed E-state index contributed by atoms with van der Waals surface area (Å²) in [5, 5.41) is 0. The topological polar surface area (TPSA) is 18.5 Å². The molecular formula is C17H25BO2. The van der Waals surface area contributed by atoms with Gasteiger partial charge in [0.15, 0.2) is 0 Å². The maximum absolute atomic E-state index is 5.82. The monoisotopic (exact) mass is 272 g/mol. The van der Waals surface area contributed by atoms with Crippen molar-refractivity contribution in [2.75, 3.05) is 13.2 Å². The highest BCUT2D eigenvalue weighted by atomic mass is 16.6. The molecule has 1 aliphatic heterocycles. The molecule has 2 fully saturated rings. The highest BCUT2D eigenvalue weighted by Gasteiger charge is 2.33. The molecule has 1 unspecified atom stereocenters. The van der Waals surface area contributed by atoms with Crippen LogP contribution in [0.25, 0.3) is 0 Å². The van der Waals surface area contributed by atoms with Gasteiger partial charge in [-0.25, -0.2) is 0 Å². The Morgan fingerprint density at radius 1 is 1.15 bits per heavy atom. The average molecular weight is 272 g/mol. The van der Waals surface area contributed by atoms with E-state index in [1.165, 1.54) is 24.8 Å². The molecule has 0 bridgehead atoms. The summed E-state index contributed by atoms with van der Waals surface area (Å²) in [5.74, 6) is 1.93. The zero-order valence-corrected chi connectivity index (χ0v) is 12.9. The minimum atomic E-state index is -0.180. The van der Waals surface area contributed by atoms with Gasteiger partial charge in [0.1, 0.15) is 0 Å². The smallest absolute Gasteiger partial charge is 0.407 e. The minimum Gasteiger partial charge on any atom is -0.407 e. The number of aryl methyl sites for hydroxylation is 1. The summed E-state index contributed by atoms with van der Waals surface area (Å²) in [7, 11) is -0.180. The summed E-state index contributed by atoms with van der Waals surface area (Å²) < 4.78 is 11.6. The van der Waals surface area contributed by atoms with Gasteiger partial charge in [0, 0.05) is 18.6 Å². The van der Waals surface area contributed by atoms with E-state index in [0.717, 1.165) is 30.5 Å². The van der Waals surface area contributed by atoms with Crippen molar-refractivity contribution in [3.63, 3.8) is 0 Å². The van der Waals surface area contributed by atoms with Crippen molar-refractivity contribution in [1.82, 2.24) is 0 Å². The molecule has 1 aromatic carbocycles. The fourth-order valence-corrected chi connectivity index (χ4v) is 2.88. The molecule has 0 aromatic heterocycles. The van der Waals surface area contributed by atoms with Gasteiger partial charge in [-0.05, 0) is 42.1 Å². The number of hydrogen-bond donors (Lipinski definition) is 0. The second-order valence-corrected chi connectivity index (χ2v) is 7.37. The average Bonchev–Trinajstić information content (AvgIpc) is 3.13. The molecule has 1 saturated carbocycles. The van der Waals surface area contributed by atoms with E-state index in [2.05, 4.69) is 45.0 Å². The van der Waals surface area contributed by atoms with Gasteiger partial charge >= 0.3 is 7.12 Å². The lowest BCUT2D eigenvalue weighted by Gasteiger charge is -2.33. The fourth-order valence-electron chi connectivity index (χ4n) is 2.88. The van der Waals surface area contributed by atoms with E-state index in [0.29, 0.717) is 0 Å². The van der Waals surface area contributed by atoms with Crippen molar-refractivity contribution < 1.29 is 9.31 Å². The van der Waals surface area contributed by atoms with Crippen molar-refractivity contribution in [3.05, 3.63) is 29.8 Å². The molecule has 1 saturated heterocycles. The van der Waals surface area contributed by atoms with Crippen LogP contribution in [0.15, 0.2) is 24.3 Å². The molecule has 20 heavy (non-hydrogen) atoms. The quantitative estimate of drug-likeness (QED) is 0.784. The van der Waals surface area contributed by atoms with Gasteiger partial charge in [0.25, 0.3) is 0 Å². The highest BCUT2D eigenvalue weighted by molar-refractivity contribution is 6.61. The zero-order chi connectivity index (χ0) is 14.2. The predicted octanol–water partition coefficient (Wildman–Crippen LogP) is 3.04. The molecule has 2 aliphatic rings. The predicted molar refractivity (Wildman–Crippen MR) is 83.1 cm³/mol. The van der Waals surface area contributed by atoms with Gasteiger partial charge in [-0.1, -0.05) is 45.0 Å². The molecule has 0 amide bonds. The molecule has 1 aliphatic carbocycles. The Hall–Kier alpha value is -0.795. The van der Waals surface area contributed by atoms with Crippen molar-refractivity contribution in [3.8, 4) is 0 Å². The van der Waals surface area contributed by atoms with E-state index in [-0.39, 0.29) is 12.5 Å². The summed E-state index contributed by atoms with van der Waals surface area (Å²) in [5.41, 5.74) is 2.71. The Morgan fingerprint density at radius 3 is 2.30 bits per heavy atom. The SMILES string of the molecule is CC1C[C@H]1CCc1ccc(B2OCC(C)(C)CO2)cc1. The van der Waals surface area contributed by atoms with Crippen LogP contribution in [0.5, 0.6) is 0 Å². The summed E-state index contributed by atoms with van der Waals surface area (Å²) in [4.78, 5) is 0. The van der Waals surface area contributed by atoms with E-state index in [1.807, 2.05) is 0 Å². The maximum atomic E-state index is 5.82. The third-order valence-electron chi connectivity index (χ3n) is 4.58. The first-order valence-corrected chi connectivity index (χ1v) is 7.85. The van der Waals surface area contributed by atoms with Crippen molar-refractivity contribution in [2.45, 2.75) is 40.0 Å². The van der Waals surface area contributed by atoms with Crippen LogP contribution in [0, 0.1) is 17.3 Å².